The Morgan fingerprint density at radius 3 is 2.76 bits per heavy atom. The molecule has 0 fully saturated rings. The largest absolute Gasteiger partial charge is 0.497 e. The lowest BCUT2D eigenvalue weighted by Gasteiger charge is -2.13. The second-order valence-electron chi connectivity index (χ2n) is 5.36. The molecule has 0 saturated carbocycles. The summed E-state index contributed by atoms with van der Waals surface area (Å²) in [5.74, 6) is 2.58. The topological polar surface area (TPSA) is 47.0 Å². The summed E-state index contributed by atoms with van der Waals surface area (Å²) in [6.07, 6.45) is 5.83. The van der Waals surface area contributed by atoms with E-state index in [-0.39, 0.29) is 0 Å². The first kappa shape index (κ1) is 13.9. The van der Waals surface area contributed by atoms with Crippen molar-refractivity contribution in [3.05, 3.63) is 35.5 Å². The number of benzene rings is 1. The fourth-order valence-electron chi connectivity index (χ4n) is 2.87. The summed E-state index contributed by atoms with van der Waals surface area (Å²) in [5.41, 5.74) is 3.49. The summed E-state index contributed by atoms with van der Waals surface area (Å²) in [7, 11) is 3.61. The number of aryl methyl sites for hydroxylation is 1. The summed E-state index contributed by atoms with van der Waals surface area (Å²) in [6.45, 7) is 0. The van der Waals surface area contributed by atoms with Crippen molar-refractivity contribution in [2.24, 2.45) is 0 Å². The molecule has 1 aliphatic rings. The van der Waals surface area contributed by atoms with Crippen molar-refractivity contribution in [2.75, 3.05) is 19.5 Å². The predicted molar refractivity (Wildman–Crippen MR) is 84.8 cm³/mol. The molecule has 2 aromatic rings. The fraction of sp³-hybridized carbons (Fsp3) is 0.412. The zero-order chi connectivity index (χ0) is 14.7. The van der Waals surface area contributed by atoms with Gasteiger partial charge in [0.1, 0.15) is 11.6 Å². The highest BCUT2D eigenvalue weighted by atomic mass is 16.5. The molecular formula is C17H21N3O. The van der Waals surface area contributed by atoms with Gasteiger partial charge < -0.3 is 10.1 Å². The van der Waals surface area contributed by atoms with Gasteiger partial charge in [0, 0.05) is 23.9 Å². The molecule has 0 saturated heterocycles. The highest BCUT2D eigenvalue weighted by Gasteiger charge is 2.16. The third-order valence-corrected chi connectivity index (χ3v) is 4.00. The lowest BCUT2D eigenvalue weighted by Crippen LogP contribution is -2.06. The quantitative estimate of drug-likeness (QED) is 0.876. The van der Waals surface area contributed by atoms with Gasteiger partial charge in [0.05, 0.1) is 7.11 Å². The molecule has 0 unspecified atom stereocenters. The van der Waals surface area contributed by atoms with Crippen LogP contribution in [0.25, 0.3) is 11.4 Å². The van der Waals surface area contributed by atoms with E-state index in [1.54, 1.807) is 7.11 Å². The Labute approximate surface area is 125 Å². The maximum Gasteiger partial charge on any atom is 0.161 e. The number of nitrogens with zero attached hydrogens (tertiary/aromatic N) is 2. The van der Waals surface area contributed by atoms with Gasteiger partial charge in [-0.1, -0.05) is 18.6 Å². The zero-order valence-electron chi connectivity index (χ0n) is 12.6. The van der Waals surface area contributed by atoms with E-state index in [1.807, 2.05) is 31.3 Å². The van der Waals surface area contributed by atoms with Gasteiger partial charge in [-0.15, -0.1) is 0 Å². The Balaban J connectivity index is 2.08. The van der Waals surface area contributed by atoms with Crippen molar-refractivity contribution in [1.29, 1.82) is 0 Å². The van der Waals surface area contributed by atoms with Gasteiger partial charge in [-0.05, 0) is 37.8 Å². The number of fused-ring (bicyclic) bond motifs is 1. The fourth-order valence-corrected chi connectivity index (χ4v) is 2.87. The first-order valence-corrected chi connectivity index (χ1v) is 7.54. The molecule has 0 amide bonds. The summed E-state index contributed by atoms with van der Waals surface area (Å²) >= 11 is 0. The Kier molecular flexibility index (Phi) is 4.04. The van der Waals surface area contributed by atoms with E-state index in [9.17, 15) is 0 Å². The van der Waals surface area contributed by atoms with Gasteiger partial charge >= 0.3 is 0 Å². The van der Waals surface area contributed by atoms with Crippen LogP contribution in [0.2, 0.25) is 0 Å². The number of nitrogens with one attached hydrogen (secondary N) is 1. The van der Waals surface area contributed by atoms with Gasteiger partial charge in [-0.25, -0.2) is 9.97 Å². The van der Waals surface area contributed by atoms with Crippen LogP contribution in [0.3, 0.4) is 0 Å². The monoisotopic (exact) mass is 283 g/mol. The van der Waals surface area contributed by atoms with Gasteiger partial charge in [0.15, 0.2) is 5.82 Å². The number of anilines is 1. The van der Waals surface area contributed by atoms with Crippen molar-refractivity contribution in [3.63, 3.8) is 0 Å². The van der Waals surface area contributed by atoms with Crippen molar-refractivity contribution < 1.29 is 4.74 Å². The van der Waals surface area contributed by atoms with E-state index in [0.717, 1.165) is 35.8 Å². The van der Waals surface area contributed by atoms with Crippen LogP contribution >= 0.6 is 0 Å². The maximum atomic E-state index is 5.29. The Bertz CT molecular complexity index is 640. The minimum atomic E-state index is 0.777. The van der Waals surface area contributed by atoms with E-state index in [4.69, 9.17) is 14.7 Å². The van der Waals surface area contributed by atoms with Gasteiger partial charge in [-0.2, -0.15) is 0 Å². The molecule has 0 aliphatic heterocycles. The van der Waals surface area contributed by atoms with E-state index in [0.29, 0.717) is 0 Å². The van der Waals surface area contributed by atoms with E-state index in [2.05, 4.69) is 5.32 Å². The van der Waals surface area contributed by atoms with Crippen molar-refractivity contribution in [1.82, 2.24) is 9.97 Å². The van der Waals surface area contributed by atoms with Crippen LogP contribution in [-0.4, -0.2) is 24.1 Å². The molecule has 3 rings (SSSR count). The third kappa shape index (κ3) is 2.84. The summed E-state index contributed by atoms with van der Waals surface area (Å²) in [4.78, 5) is 9.53. The van der Waals surface area contributed by atoms with Gasteiger partial charge in [0.25, 0.3) is 0 Å². The molecule has 1 aliphatic carbocycles. The number of hydrogen-bond donors (Lipinski definition) is 1. The van der Waals surface area contributed by atoms with Crippen LogP contribution in [0.4, 0.5) is 5.82 Å². The average Bonchev–Trinajstić information content (AvgIpc) is 2.79. The summed E-state index contributed by atoms with van der Waals surface area (Å²) < 4.78 is 5.29. The highest BCUT2D eigenvalue weighted by Crippen LogP contribution is 2.28. The zero-order valence-corrected chi connectivity index (χ0v) is 12.6. The number of aromatic nitrogens is 2. The van der Waals surface area contributed by atoms with Crippen LogP contribution in [0, 0.1) is 0 Å². The molecule has 21 heavy (non-hydrogen) atoms. The molecule has 1 heterocycles. The molecule has 0 radical (unpaired) electrons. The predicted octanol–water partition coefficient (Wildman–Crippen LogP) is 3.46. The first-order chi connectivity index (χ1) is 10.3. The van der Waals surface area contributed by atoms with E-state index >= 15 is 0 Å². The average molecular weight is 283 g/mol. The van der Waals surface area contributed by atoms with Crippen LogP contribution in [0.15, 0.2) is 24.3 Å². The Morgan fingerprint density at radius 1 is 1.10 bits per heavy atom. The summed E-state index contributed by atoms with van der Waals surface area (Å²) in [5, 5.41) is 3.24. The second-order valence-corrected chi connectivity index (χ2v) is 5.36. The lowest BCUT2D eigenvalue weighted by molar-refractivity contribution is 0.415. The lowest BCUT2D eigenvalue weighted by atomic mass is 10.1. The SMILES string of the molecule is CNc1nc(-c2cccc(OC)c2)nc2c1CCCCC2. The molecule has 1 aromatic heterocycles. The number of ether oxygens (including phenoxy) is 1. The molecule has 110 valence electrons. The third-order valence-electron chi connectivity index (χ3n) is 4.00. The van der Waals surface area contributed by atoms with E-state index < -0.39 is 0 Å². The molecule has 0 bridgehead atoms. The number of hydrogen-bond acceptors (Lipinski definition) is 4. The molecular weight excluding hydrogens is 262 g/mol. The van der Waals surface area contributed by atoms with E-state index in [1.165, 1.54) is 30.5 Å². The second kappa shape index (κ2) is 6.12. The highest BCUT2D eigenvalue weighted by molar-refractivity contribution is 5.61. The van der Waals surface area contributed by atoms with Crippen LogP contribution in [-0.2, 0) is 12.8 Å². The number of rotatable bonds is 3. The molecule has 0 spiro atoms. The van der Waals surface area contributed by atoms with Crippen LogP contribution in [0.5, 0.6) is 5.75 Å². The Morgan fingerprint density at radius 2 is 1.95 bits per heavy atom. The van der Waals surface area contributed by atoms with Crippen LogP contribution in [0.1, 0.15) is 30.5 Å². The Hall–Kier alpha value is -2.10. The normalized spacial score (nSPS) is 14.2. The standard InChI is InChI=1S/C17H21N3O/c1-18-17-14-9-4-3-5-10-15(14)19-16(20-17)12-7-6-8-13(11-12)21-2/h6-8,11H,3-5,9-10H2,1-2H3,(H,18,19,20). The minimum absolute atomic E-state index is 0.777. The maximum absolute atomic E-state index is 5.29. The van der Waals surface area contributed by atoms with Gasteiger partial charge in [0.2, 0.25) is 0 Å². The molecule has 1 aromatic carbocycles. The molecule has 4 nitrogen and oxygen atoms in total. The van der Waals surface area contributed by atoms with Gasteiger partial charge in [-0.3, -0.25) is 0 Å². The molecule has 4 heteroatoms. The number of methoxy groups -OCH3 is 1. The first-order valence-electron chi connectivity index (χ1n) is 7.54. The minimum Gasteiger partial charge on any atom is -0.497 e. The van der Waals surface area contributed by atoms with Crippen molar-refractivity contribution in [2.45, 2.75) is 32.1 Å². The smallest absolute Gasteiger partial charge is 0.161 e. The van der Waals surface area contributed by atoms with Crippen molar-refractivity contribution >= 4 is 5.82 Å². The summed E-state index contributed by atoms with van der Waals surface area (Å²) in [6, 6.07) is 7.92. The molecule has 0 atom stereocenters. The molecule has 1 N–H and O–H groups in total. The van der Waals surface area contributed by atoms with Crippen LogP contribution < -0.4 is 10.1 Å². The van der Waals surface area contributed by atoms with Crippen molar-refractivity contribution in [3.8, 4) is 17.1 Å².